The largest absolute Gasteiger partial charge is 0.395 e. The van der Waals surface area contributed by atoms with E-state index < -0.39 is 0 Å². The summed E-state index contributed by atoms with van der Waals surface area (Å²) in [6.45, 7) is 5.74. The van der Waals surface area contributed by atoms with E-state index >= 15 is 0 Å². The average Bonchev–Trinajstić information content (AvgIpc) is 2.62. The summed E-state index contributed by atoms with van der Waals surface area (Å²) in [6, 6.07) is 0. The Morgan fingerprint density at radius 1 is 1.46 bits per heavy atom. The van der Waals surface area contributed by atoms with Crippen LogP contribution in [0, 0.1) is 0 Å². The lowest BCUT2D eigenvalue weighted by Gasteiger charge is -2.16. The summed E-state index contributed by atoms with van der Waals surface area (Å²) < 4.78 is 4.19. The summed E-state index contributed by atoms with van der Waals surface area (Å²) in [7, 11) is 0. The third kappa shape index (κ3) is 2.63. The summed E-state index contributed by atoms with van der Waals surface area (Å²) >= 11 is 1.40. The van der Waals surface area contributed by atoms with Crippen molar-refractivity contribution in [1.82, 2.24) is 9.36 Å². The van der Waals surface area contributed by atoms with Crippen molar-refractivity contribution >= 4 is 16.7 Å². The van der Waals surface area contributed by atoms with Gasteiger partial charge in [-0.1, -0.05) is 6.92 Å². The highest BCUT2D eigenvalue weighted by Gasteiger charge is 2.08. The Morgan fingerprint density at radius 3 is 2.69 bits per heavy atom. The van der Waals surface area contributed by atoms with Crippen LogP contribution in [0.3, 0.4) is 0 Å². The molecule has 0 amide bonds. The van der Waals surface area contributed by atoms with Gasteiger partial charge in [-0.15, -0.1) is 0 Å². The third-order valence-electron chi connectivity index (χ3n) is 1.80. The number of likely N-dealkylation sites (N-methyl/N-ethyl adjacent to an activating group) is 1. The summed E-state index contributed by atoms with van der Waals surface area (Å²) in [5.74, 6) is 0.886. The molecular formula is C8H15N3OS. The maximum atomic E-state index is 8.81. The second kappa shape index (κ2) is 5.14. The number of aliphatic hydroxyl groups excluding tert-OH is 1. The fourth-order valence-corrected chi connectivity index (χ4v) is 1.87. The number of nitrogens with zero attached hydrogens (tertiary/aromatic N) is 3. The number of anilines is 1. The first-order valence-electron chi connectivity index (χ1n) is 4.50. The third-order valence-corrected chi connectivity index (χ3v) is 2.61. The predicted octanol–water partition coefficient (Wildman–Crippen LogP) is 0.919. The van der Waals surface area contributed by atoms with Gasteiger partial charge in [0.15, 0.2) is 0 Å². The smallest absolute Gasteiger partial charge is 0.205 e. The molecule has 0 spiro atoms. The van der Waals surface area contributed by atoms with E-state index in [-0.39, 0.29) is 6.61 Å². The maximum absolute atomic E-state index is 8.81. The first-order chi connectivity index (χ1) is 6.31. The standard InChI is InChI=1S/C8H15N3OS/c1-3-7-9-8(13-10-7)11(4-2)5-6-12/h12H,3-6H2,1-2H3. The van der Waals surface area contributed by atoms with Crippen LogP contribution >= 0.6 is 11.5 Å². The van der Waals surface area contributed by atoms with Crippen LogP contribution in [0.2, 0.25) is 0 Å². The molecule has 1 heterocycles. The molecule has 0 saturated carbocycles. The van der Waals surface area contributed by atoms with Crippen LogP contribution in [-0.2, 0) is 6.42 Å². The van der Waals surface area contributed by atoms with E-state index in [0.29, 0.717) is 6.54 Å². The molecule has 13 heavy (non-hydrogen) atoms. The molecule has 0 aromatic carbocycles. The summed E-state index contributed by atoms with van der Waals surface area (Å²) in [5.41, 5.74) is 0. The van der Waals surface area contributed by atoms with Gasteiger partial charge in [0, 0.05) is 31.0 Å². The molecule has 5 heteroatoms. The fourth-order valence-electron chi connectivity index (χ4n) is 1.03. The molecule has 0 bridgehead atoms. The molecule has 1 rings (SSSR count). The number of aliphatic hydroxyl groups is 1. The SMILES string of the molecule is CCc1nsc(N(CC)CCO)n1. The molecule has 0 fully saturated rings. The first-order valence-corrected chi connectivity index (χ1v) is 5.27. The minimum Gasteiger partial charge on any atom is -0.395 e. The normalized spacial score (nSPS) is 10.4. The molecule has 0 aliphatic carbocycles. The van der Waals surface area contributed by atoms with Crippen molar-refractivity contribution in [3.63, 3.8) is 0 Å². The molecule has 1 aromatic heterocycles. The van der Waals surface area contributed by atoms with E-state index in [0.717, 1.165) is 23.9 Å². The van der Waals surface area contributed by atoms with E-state index in [1.54, 1.807) is 0 Å². The summed E-state index contributed by atoms with van der Waals surface area (Å²) in [4.78, 5) is 6.37. The van der Waals surface area contributed by atoms with Gasteiger partial charge in [0.1, 0.15) is 5.82 Å². The molecule has 1 N–H and O–H groups in total. The molecule has 4 nitrogen and oxygen atoms in total. The first kappa shape index (κ1) is 10.4. The second-order valence-electron chi connectivity index (χ2n) is 2.65. The van der Waals surface area contributed by atoms with Crippen molar-refractivity contribution in [3.8, 4) is 0 Å². The highest BCUT2D eigenvalue weighted by Crippen LogP contribution is 2.16. The maximum Gasteiger partial charge on any atom is 0.205 e. The van der Waals surface area contributed by atoms with Gasteiger partial charge in [-0.05, 0) is 6.92 Å². The van der Waals surface area contributed by atoms with Crippen LogP contribution < -0.4 is 4.90 Å². The van der Waals surface area contributed by atoms with E-state index in [1.807, 2.05) is 18.7 Å². The van der Waals surface area contributed by atoms with Gasteiger partial charge in [-0.3, -0.25) is 0 Å². The lowest BCUT2D eigenvalue weighted by atomic mass is 10.5. The Hall–Kier alpha value is -0.680. The van der Waals surface area contributed by atoms with Crippen LogP contribution in [-0.4, -0.2) is 34.2 Å². The Labute approximate surface area is 82.4 Å². The lowest BCUT2D eigenvalue weighted by molar-refractivity contribution is 0.302. The minimum atomic E-state index is 0.162. The molecule has 0 radical (unpaired) electrons. The molecule has 74 valence electrons. The number of hydrogen-bond donors (Lipinski definition) is 1. The second-order valence-corrected chi connectivity index (χ2v) is 3.38. The Morgan fingerprint density at radius 2 is 2.23 bits per heavy atom. The van der Waals surface area contributed by atoms with Gasteiger partial charge < -0.3 is 10.0 Å². The molecule has 0 unspecified atom stereocenters. The minimum absolute atomic E-state index is 0.162. The van der Waals surface area contributed by atoms with Crippen LogP contribution in [0.15, 0.2) is 0 Å². The average molecular weight is 201 g/mol. The lowest BCUT2D eigenvalue weighted by Crippen LogP contribution is -2.25. The van der Waals surface area contributed by atoms with Gasteiger partial charge in [0.05, 0.1) is 6.61 Å². The van der Waals surface area contributed by atoms with Crippen molar-refractivity contribution < 1.29 is 5.11 Å². The summed E-state index contributed by atoms with van der Waals surface area (Å²) in [5, 5.41) is 9.72. The number of aromatic nitrogens is 2. The monoisotopic (exact) mass is 201 g/mol. The van der Waals surface area contributed by atoms with E-state index in [9.17, 15) is 0 Å². The van der Waals surface area contributed by atoms with Crippen LogP contribution in [0.1, 0.15) is 19.7 Å². The van der Waals surface area contributed by atoms with Crippen molar-refractivity contribution in [2.45, 2.75) is 20.3 Å². The number of hydrogen-bond acceptors (Lipinski definition) is 5. The zero-order chi connectivity index (χ0) is 9.68. The predicted molar refractivity (Wildman–Crippen MR) is 54.3 cm³/mol. The van der Waals surface area contributed by atoms with Crippen LogP contribution in [0.25, 0.3) is 0 Å². The van der Waals surface area contributed by atoms with Crippen molar-refractivity contribution in [2.24, 2.45) is 0 Å². The summed E-state index contributed by atoms with van der Waals surface area (Å²) in [6.07, 6.45) is 0.868. The van der Waals surface area contributed by atoms with Gasteiger partial charge in [-0.25, -0.2) is 4.98 Å². The topological polar surface area (TPSA) is 49.2 Å². The molecule has 0 aliphatic heterocycles. The van der Waals surface area contributed by atoms with Gasteiger partial charge in [0.2, 0.25) is 5.13 Å². The van der Waals surface area contributed by atoms with E-state index in [2.05, 4.69) is 9.36 Å². The number of rotatable bonds is 5. The zero-order valence-corrected chi connectivity index (χ0v) is 8.84. The van der Waals surface area contributed by atoms with Crippen molar-refractivity contribution in [3.05, 3.63) is 5.82 Å². The van der Waals surface area contributed by atoms with E-state index in [4.69, 9.17) is 5.11 Å². The van der Waals surface area contributed by atoms with Crippen molar-refractivity contribution in [1.29, 1.82) is 0 Å². The van der Waals surface area contributed by atoms with Gasteiger partial charge in [-0.2, -0.15) is 4.37 Å². The van der Waals surface area contributed by atoms with Crippen LogP contribution in [0.4, 0.5) is 5.13 Å². The van der Waals surface area contributed by atoms with Crippen LogP contribution in [0.5, 0.6) is 0 Å². The van der Waals surface area contributed by atoms with E-state index in [1.165, 1.54) is 11.5 Å². The molecular weight excluding hydrogens is 186 g/mol. The molecule has 1 aromatic rings. The Kier molecular flexibility index (Phi) is 4.11. The highest BCUT2D eigenvalue weighted by molar-refractivity contribution is 7.09. The quantitative estimate of drug-likeness (QED) is 0.769. The van der Waals surface area contributed by atoms with Gasteiger partial charge >= 0.3 is 0 Å². The molecule has 0 aliphatic rings. The Balaban J connectivity index is 2.67. The number of aryl methyl sites for hydroxylation is 1. The molecule has 0 atom stereocenters. The van der Waals surface area contributed by atoms with Gasteiger partial charge in [0.25, 0.3) is 0 Å². The highest BCUT2D eigenvalue weighted by atomic mass is 32.1. The Bertz CT molecular complexity index is 251. The van der Waals surface area contributed by atoms with Crippen molar-refractivity contribution in [2.75, 3.05) is 24.6 Å². The fraction of sp³-hybridized carbons (Fsp3) is 0.750. The molecule has 0 saturated heterocycles. The zero-order valence-electron chi connectivity index (χ0n) is 8.03.